The van der Waals surface area contributed by atoms with E-state index in [-0.39, 0.29) is 18.1 Å². The summed E-state index contributed by atoms with van der Waals surface area (Å²) in [6, 6.07) is 11.1. The number of carbonyl (C=O) groups is 1. The SMILES string of the molecule is CCCCOc1ccc(/C=C/C(=O)OCCOc2ccc(S(N)(=O)=O)cc2)cc1OCC. The minimum atomic E-state index is -3.75. The van der Waals surface area contributed by atoms with E-state index < -0.39 is 16.0 Å². The molecule has 32 heavy (non-hydrogen) atoms. The highest BCUT2D eigenvalue weighted by atomic mass is 32.2. The molecule has 0 aromatic heterocycles. The number of hydrogen-bond donors (Lipinski definition) is 1. The molecular formula is C23H29NO7S. The van der Waals surface area contributed by atoms with Crippen LogP contribution in [0.5, 0.6) is 17.2 Å². The minimum Gasteiger partial charge on any atom is -0.490 e. The highest BCUT2D eigenvalue weighted by molar-refractivity contribution is 7.89. The maximum Gasteiger partial charge on any atom is 0.330 e. The summed E-state index contributed by atoms with van der Waals surface area (Å²) < 4.78 is 44.3. The maximum absolute atomic E-state index is 11.9. The molecule has 0 heterocycles. The molecule has 174 valence electrons. The lowest BCUT2D eigenvalue weighted by Gasteiger charge is -2.12. The Kier molecular flexibility index (Phi) is 10.0. The Morgan fingerprint density at radius 1 is 0.938 bits per heavy atom. The molecule has 0 atom stereocenters. The predicted octanol–water partition coefficient (Wildman–Crippen LogP) is 3.55. The van der Waals surface area contributed by atoms with Gasteiger partial charge in [-0.05, 0) is 61.4 Å². The number of rotatable bonds is 13. The van der Waals surface area contributed by atoms with Crippen LogP contribution in [0.1, 0.15) is 32.3 Å². The Morgan fingerprint density at radius 3 is 2.34 bits per heavy atom. The molecule has 0 aliphatic rings. The van der Waals surface area contributed by atoms with Crippen LogP contribution in [0.2, 0.25) is 0 Å². The van der Waals surface area contributed by atoms with E-state index in [2.05, 4.69) is 6.92 Å². The van der Waals surface area contributed by atoms with Crippen LogP contribution in [0.3, 0.4) is 0 Å². The summed E-state index contributed by atoms with van der Waals surface area (Å²) >= 11 is 0. The van der Waals surface area contributed by atoms with Crippen LogP contribution in [-0.4, -0.2) is 40.8 Å². The standard InChI is InChI=1S/C23H29NO7S/c1-3-5-14-30-21-12-6-18(17-22(21)28-4-2)7-13-23(25)31-16-15-29-19-8-10-20(11-9-19)32(24,26)27/h6-13,17H,3-5,14-16H2,1-2H3,(H2,24,26,27)/b13-7+. The van der Waals surface area contributed by atoms with Gasteiger partial charge in [-0.1, -0.05) is 19.4 Å². The highest BCUT2D eigenvalue weighted by Crippen LogP contribution is 2.29. The normalized spacial score (nSPS) is 11.3. The van der Waals surface area contributed by atoms with Gasteiger partial charge in [-0.3, -0.25) is 0 Å². The van der Waals surface area contributed by atoms with Gasteiger partial charge in [-0.15, -0.1) is 0 Å². The summed E-state index contributed by atoms with van der Waals surface area (Å²) in [7, 11) is -3.75. The molecule has 0 aliphatic carbocycles. The monoisotopic (exact) mass is 463 g/mol. The smallest absolute Gasteiger partial charge is 0.330 e. The molecule has 0 unspecified atom stereocenters. The van der Waals surface area contributed by atoms with Gasteiger partial charge in [0.25, 0.3) is 0 Å². The van der Waals surface area contributed by atoms with Gasteiger partial charge in [0.1, 0.15) is 19.0 Å². The topological polar surface area (TPSA) is 114 Å². The Labute approximate surface area is 189 Å². The molecule has 0 spiro atoms. The van der Waals surface area contributed by atoms with Crippen molar-refractivity contribution in [1.82, 2.24) is 0 Å². The zero-order chi connectivity index (χ0) is 23.4. The van der Waals surface area contributed by atoms with Crippen molar-refractivity contribution in [3.05, 3.63) is 54.1 Å². The van der Waals surface area contributed by atoms with E-state index in [0.29, 0.717) is 30.5 Å². The van der Waals surface area contributed by atoms with Gasteiger partial charge in [-0.2, -0.15) is 0 Å². The first-order valence-electron chi connectivity index (χ1n) is 10.3. The Hall–Kier alpha value is -3.04. The predicted molar refractivity (Wildman–Crippen MR) is 121 cm³/mol. The summed E-state index contributed by atoms with van der Waals surface area (Å²) in [5, 5.41) is 5.04. The molecule has 0 radical (unpaired) electrons. The second kappa shape index (κ2) is 12.7. The van der Waals surface area contributed by atoms with Crippen molar-refractivity contribution in [3.63, 3.8) is 0 Å². The van der Waals surface area contributed by atoms with Gasteiger partial charge in [0, 0.05) is 6.08 Å². The summed E-state index contributed by atoms with van der Waals surface area (Å²) in [4.78, 5) is 11.9. The number of carbonyl (C=O) groups excluding carboxylic acids is 1. The van der Waals surface area contributed by atoms with E-state index in [1.165, 1.54) is 30.3 Å². The van der Waals surface area contributed by atoms with Crippen LogP contribution < -0.4 is 19.3 Å². The fourth-order valence-corrected chi connectivity index (χ4v) is 3.10. The van der Waals surface area contributed by atoms with Crippen LogP contribution in [0.4, 0.5) is 0 Å². The first kappa shape index (κ1) is 25.2. The summed E-state index contributed by atoms with van der Waals surface area (Å²) in [5.74, 6) is 1.23. The molecule has 9 heteroatoms. The first-order valence-corrected chi connectivity index (χ1v) is 11.9. The average molecular weight is 464 g/mol. The van der Waals surface area contributed by atoms with Gasteiger partial charge < -0.3 is 18.9 Å². The number of benzene rings is 2. The number of hydrogen-bond acceptors (Lipinski definition) is 7. The quantitative estimate of drug-likeness (QED) is 0.274. The fraction of sp³-hybridized carbons (Fsp3) is 0.348. The summed E-state index contributed by atoms with van der Waals surface area (Å²) in [6.07, 6.45) is 4.96. The van der Waals surface area contributed by atoms with E-state index in [1.54, 1.807) is 6.08 Å². The third-order valence-electron chi connectivity index (χ3n) is 4.18. The van der Waals surface area contributed by atoms with Gasteiger partial charge in [-0.25, -0.2) is 18.4 Å². The van der Waals surface area contributed by atoms with E-state index in [1.807, 2.05) is 25.1 Å². The molecule has 0 saturated carbocycles. The largest absolute Gasteiger partial charge is 0.490 e. The number of primary sulfonamides is 1. The van der Waals surface area contributed by atoms with Crippen molar-refractivity contribution in [2.75, 3.05) is 26.4 Å². The lowest BCUT2D eigenvalue weighted by Crippen LogP contribution is -2.12. The summed E-state index contributed by atoms with van der Waals surface area (Å²) in [5.41, 5.74) is 0.777. The number of ether oxygens (including phenoxy) is 4. The number of esters is 1. The Balaban J connectivity index is 1.82. The molecular weight excluding hydrogens is 434 g/mol. The number of unbranched alkanes of at least 4 members (excludes halogenated alkanes) is 1. The summed E-state index contributed by atoms with van der Waals surface area (Å²) in [6.45, 7) is 5.27. The number of sulfonamides is 1. The Bertz CT molecular complexity index is 1000. The fourth-order valence-electron chi connectivity index (χ4n) is 2.58. The first-order chi connectivity index (χ1) is 15.3. The molecule has 8 nitrogen and oxygen atoms in total. The van der Waals surface area contributed by atoms with Crippen molar-refractivity contribution in [2.24, 2.45) is 5.14 Å². The van der Waals surface area contributed by atoms with Crippen LogP contribution in [-0.2, 0) is 19.6 Å². The number of nitrogens with two attached hydrogens (primary N) is 1. The molecule has 0 aliphatic heterocycles. The van der Waals surface area contributed by atoms with Gasteiger partial charge in [0.15, 0.2) is 11.5 Å². The van der Waals surface area contributed by atoms with E-state index in [0.717, 1.165) is 18.4 Å². The van der Waals surface area contributed by atoms with Crippen molar-refractivity contribution >= 4 is 22.1 Å². The van der Waals surface area contributed by atoms with Crippen LogP contribution in [0.25, 0.3) is 6.08 Å². The third kappa shape index (κ3) is 8.60. The zero-order valence-corrected chi connectivity index (χ0v) is 19.1. The van der Waals surface area contributed by atoms with Crippen LogP contribution >= 0.6 is 0 Å². The van der Waals surface area contributed by atoms with Gasteiger partial charge in [0.05, 0.1) is 18.1 Å². The average Bonchev–Trinajstić information content (AvgIpc) is 2.76. The Morgan fingerprint density at radius 2 is 1.69 bits per heavy atom. The zero-order valence-electron chi connectivity index (χ0n) is 18.3. The van der Waals surface area contributed by atoms with E-state index in [4.69, 9.17) is 24.1 Å². The van der Waals surface area contributed by atoms with Crippen LogP contribution in [0.15, 0.2) is 53.4 Å². The second-order valence-corrected chi connectivity index (χ2v) is 8.27. The molecule has 0 bridgehead atoms. The van der Waals surface area contributed by atoms with E-state index in [9.17, 15) is 13.2 Å². The van der Waals surface area contributed by atoms with Gasteiger partial charge >= 0.3 is 5.97 Å². The third-order valence-corrected chi connectivity index (χ3v) is 5.11. The van der Waals surface area contributed by atoms with E-state index >= 15 is 0 Å². The van der Waals surface area contributed by atoms with Crippen molar-refractivity contribution in [2.45, 2.75) is 31.6 Å². The molecule has 2 aromatic carbocycles. The minimum absolute atomic E-state index is 0.00513. The maximum atomic E-state index is 11.9. The lowest BCUT2D eigenvalue weighted by atomic mass is 10.2. The molecule has 0 amide bonds. The van der Waals surface area contributed by atoms with Crippen molar-refractivity contribution in [1.29, 1.82) is 0 Å². The highest BCUT2D eigenvalue weighted by Gasteiger charge is 2.08. The van der Waals surface area contributed by atoms with Crippen molar-refractivity contribution in [3.8, 4) is 17.2 Å². The van der Waals surface area contributed by atoms with Crippen molar-refractivity contribution < 1.29 is 32.2 Å². The second-order valence-electron chi connectivity index (χ2n) is 6.71. The molecule has 2 rings (SSSR count). The van der Waals surface area contributed by atoms with Crippen LogP contribution in [0, 0.1) is 0 Å². The molecule has 2 N–H and O–H groups in total. The van der Waals surface area contributed by atoms with Gasteiger partial charge in [0.2, 0.25) is 10.0 Å². The molecule has 2 aromatic rings. The molecule has 0 fully saturated rings. The molecule has 0 saturated heterocycles. The lowest BCUT2D eigenvalue weighted by molar-refractivity contribution is -0.138.